The lowest BCUT2D eigenvalue weighted by molar-refractivity contribution is -0.137. The van der Waals surface area contributed by atoms with Gasteiger partial charge in [0, 0.05) is 36.8 Å². The number of nitrogens with zero attached hydrogens (tertiary/aromatic N) is 2. The molecule has 1 amide bonds. The van der Waals surface area contributed by atoms with Crippen molar-refractivity contribution >= 4 is 5.91 Å². The molecule has 1 fully saturated rings. The van der Waals surface area contributed by atoms with Crippen molar-refractivity contribution in [3.63, 3.8) is 0 Å². The molecule has 0 radical (unpaired) electrons. The Hall–Kier alpha value is -1.58. The zero-order valence-electron chi connectivity index (χ0n) is 11.2. The van der Waals surface area contributed by atoms with Gasteiger partial charge in [-0.25, -0.2) is 0 Å². The van der Waals surface area contributed by atoms with Crippen LogP contribution in [0.5, 0.6) is 0 Å². The Morgan fingerprint density at radius 3 is 3.05 bits per heavy atom. The normalized spacial score (nSPS) is 27.5. The van der Waals surface area contributed by atoms with Gasteiger partial charge in [0.25, 0.3) is 0 Å². The first kappa shape index (κ1) is 12.5. The largest absolute Gasteiger partial charge is 0.342 e. The number of rotatable bonds is 2. The van der Waals surface area contributed by atoms with Gasteiger partial charge in [-0.2, -0.15) is 5.10 Å². The number of amides is 1. The molecule has 0 aromatic carbocycles. The fraction of sp³-hybridized carbons (Fsp3) is 0.600. The zero-order chi connectivity index (χ0) is 13.1. The van der Waals surface area contributed by atoms with E-state index in [1.165, 1.54) is 5.69 Å². The number of allylic oxidation sites excluding steroid dienone is 2. The maximum atomic E-state index is 12.5. The van der Waals surface area contributed by atoms with Crippen LogP contribution in [0.3, 0.4) is 0 Å². The van der Waals surface area contributed by atoms with Crippen LogP contribution in [0.1, 0.15) is 43.7 Å². The van der Waals surface area contributed by atoms with E-state index in [0.717, 1.165) is 45.2 Å². The molecule has 1 aromatic rings. The summed E-state index contributed by atoms with van der Waals surface area (Å²) in [5, 5.41) is 7.07. The predicted molar refractivity (Wildman–Crippen MR) is 73.6 cm³/mol. The monoisotopic (exact) mass is 259 g/mol. The summed E-state index contributed by atoms with van der Waals surface area (Å²) >= 11 is 0. The minimum Gasteiger partial charge on any atom is -0.342 e. The van der Waals surface area contributed by atoms with Crippen LogP contribution in [-0.2, 0) is 4.79 Å². The van der Waals surface area contributed by atoms with E-state index in [1.54, 1.807) is 6.20 Å². The van der Waals surface area contributed by atoms with E-state index >= 15 is 0 Å². The average molecular weight is 259 g/mol. The maximum absolute atomic E-state index is 12.5. The summed E-state index contributed by atoms with van der Waals surface area (Å²) in [7, 11) is 0. The molecule has 1 saturated heterocycles. The minimum atomic E-state index is 0.213. The van der Waals surface area contributed by atoms with Crippen LogP contribution >= 0.6 is 0 Å². The third-order valence-corrected chi connectivity index (χ3v) is 4.31. The first-order valence-corrected chi connectivity index (χ1v) is 7.27. The van der Waals surface area contributed by atoms with Gasteiger partial charge in [0.15, 0.2) is 0 Å². The van der Waals surface area contributed by atoms with E-state index in [9.17, 15) is 4.79 Å². The highest BCUT2D eigenvalue weighted by molar-refractivity contribution is 5.79. The van der Waals surface area contributed by atoms with Crippen molar-refractivity contribution in [2.45, 2.75) is 38.0 Å². The maximum Gasteiger partial charge on any atom is 0.226 e. The summed E-state index contributed by atoms with van der Waals surface area (Å²) in [5.74, 6) is 0.999. The molecule has 0 saturated carbocycles. The average Bonchev–Trinajstić information content (AvgIpc) is 3.02. The fourth-order valence-corrected chi connectivity index (χ4v) is 3.20. The van der Waals surface area contributed by atoms with Crippen LogP contribution in [0.25, 0.3) is 0 Å². The van der Waals surface area contributed by atoms with E-state index in [-0.39, 0.29) is 5.92 Å². The highest BCUT2D eigenvalue weighted by atomic mass is 16.2. The summed E-state index contributed by atoms with van der Waals surface area (Å²) in [6, 6.07) is 2.03. The number of piperidine rings is 1. The molecule has 3 rings (SSSR count). The van der Waals surface area contributed by atoms with Gasteiger partial charge >= 0.3 is 0 Å². The molecule has 2 unspecified atom stereocenters. The Morgan fingerprint density at radius 2 is 2.32 bits per heavy atom. The van der Waals surface area contributed by atoms with E-state index in [4.69, 9.17) is 0 Å². The van der Waals surface area contributed by atoms with Crippen molar-refractivity contribution in [1.29, 1.82) is 0 Å². The third-order valence-electron chi connectivity index (χ3n) is 4.31. The summed E-state index contributed by atoms with van der Waals surface area (Å²) in [5.41, 5.74) is 1.17. The third kappa shape index (κ3) is 2.72. The second kappa shape index (κ2) is 5.59. The zero-order valence-corrected chi connectivity index (χ0v) is 11.2. The quantitative estimate of drug-likeness (QED) is 0.829. The van der Waals surface area contributed by atoms with Gasteiger partial charge in [0.1, 0.15) is 0 Å². The molecule has 1 aromatic heterocycles. The number of carbonyl (C=O) groups excluding carboxylic acids is 1. The Balaban J connectivity index is 1.64. The number of likely N-dealkylation sites (tertiary alicyclic amines) is 1. The van der Waals surface area contributed by atoms with Gasteiger partial charge in [-0.3, -0.25) is 9.89 Å². The van der Waals surface area contributed by atoms with E-state index in [2.05, 4.69) is 27.2 Å². The lowest BCUT2D eigenvalue weighted by Crippen LogP contribution is -2.42. The lowest BCUT2D eigenvalue weighted by Gasteiger charge is -2.35. The van der Waals surface area contributed by atoms with Crippen LogP contribution < -0.4 is 0 Å². The van der Waals surface area contributed by atoms with Gasteiger partial charge in [-0.15, -0.1) is 0 Å². The summed E-state index contributed by atoms with van der Waals surface area (Å²) in [6.07, 6.45) is 11.4. The molecule has 1 aliphatic carbocycles. The molecule has 2 atom stereocenters. The van der Waals surface area contributed by atoms with Crippen molar-refractivity contribution < 1.29 is 4.79 Å². The van der Waals surface area contributed by atoms with Crippen molar-refractivity contribution in [2.75, 3.05) is 13.1 Å². The molecule has 1 aliphatic heterocycles. The Bertz CT molecular complexity index is 452. The van der Waals surface area contributed by atoms with Gasteiger partial charge in [-0.1, -0.05) is 12.2 Å². The SMILES string of the molecule is O=C(C1CC=CCC1)N1CCCC(c2ccn[nH]2)C1. The van der Waals surface area contributed by atoms with Crippen LogP contribution in [0.15, 0.2) is 24.4 Å². The number of nitrogens with one attached hydrogen (secondary N) is 1. The highest BCUT2D eigenvalue weighted by Gasteiger charge is 2.29. The number of carbonyl (C=O) groups is 1. The molecule has 2 heterocycles. The minimum absolute atomic E-state index is 0.213. The first-order valence-electron chi connectivity index (χ1n) is 7.27. The second-order valence-corrected chi connectivity index (χ2v) is 5.62. The number of aromatic nitrogens is 2. The molecule has 4 nitrogen and oxygen atoms in total. The van der Waals surface area contributed by atoms with Crippen molar-refractivity contribution in [2.24, 2.45) is 5.92 Å². The van der Waals surface area contributed by atoms with E-state index in [0.29, 0.717) is 11.8 Å². The predicted octanol–water partition coefficient (Wildman–Crippen LogP) is 2.47. The molecule has 19 heavy (non-hydrogen) atoms. The fourth-order valence-electron chi connectivity index (χ4n) is 3.20. The van der Waals surface area contributed by atoms with Crippen molar-refractivity contribution in [1.82, 2.24) is 15.1 Å². The molecule has 2 aliphatic rings. The van der Waals surface area contributed by atoms with Crippen LogP contribution in [0.2, 0.25) is 0 Å². The molecular weight excluding hydrogens is 238 g/mol. The van der Waals surface area contributed by atoms with Gasteiger partial charge in [0.2, 0.25) is 5.91 Å². The molecular formula is C15H21N3O. The van der Waals surface area contributed by atoms with Crippen LogP contribution in [-0.4, -0.2) is 34.1 Å². The molecule has 0 bridgehead atoms. The summed E-state index contributed by atoms with van der Waals surface area (Å²) in [6.45, 7) is 1.77. The number of H-pyrrole nitrogens is 1. The van der Waals surface area contributed by atoms with Crippen LogP contribution in [0, 0.1) is 5.92 Å². The standard InChI is InChI=1S/C15H21N3O/c19-15(12-5-2-1-3-6-12)18-10-4-7-13(11-18)14-8-9-16-17-14/h1-2,8-9,12-13H,3-7,10-11H2,(H,16,17). The number of hydrogen-bond acceptors (Lipinski definition) is 2. The molecule has 0 spiro atoms. The molecule has 1 N–H and O–H groups in total. The van der Waals surface area contributed by atoms with Gasteiger partial charge in [0.05, 0.1) is 0 Å². The van der Waals surface area contributed by atoms with Crippen molar-refractivity contribution in [3.8, 4) is 0 Å². The molecule has 4 heteroatoms. The Kier molecular flexibility index (Phi) is 3.67. The van der Waals surface area contributed by atoms with E-state index < -0.39 is 0 Å². The van der Waals surface area contributed by atoms with E-state index in [1.807, 2.05) is 6.07 Å². The Morgan fingerprint density at radius 1 is 1.37 bits per heavy atom. The smallest absolute Gasteiger partial charge is 0.226 e. The number of hydrogen-bond donors (Lipinski definition) is 1. The lowest BCUT2D eigenvalue weighted by atomic mass is 9.90. The summed E-state index contributed by atoms with van der Waals surface area (Å²) in [4.78, 5) is 14.6. The van der Waals surface area contributed by atoms with Crippen molar-refractivity contribution in [3.05, 3.63) is 30.1 Å². The first-order chi connectivity index (χ1) is 9.34. The number of aromatic amines is 1. The second-order valence-electron chi connectivity index (χ2n) is 5.62. The molecule has 102 valence electrons. The topological polar surface area (TPSA) is 49.0 Å². The van der Waals surface area contributed by atoms with Crippen LogP contribution in [0.4, 0.5) is 0 Å². The van der Waals surface area contributed by atoms with Gasteiger partial charge in [-0.05, 0) is 38.2 Å². The summed E-state index contributed by atoms with van der Waals surface area (Å²) < 4.78 is 0. The Labute approximate surface area is 113 Å². The van der Waals surface area contributed by atoms with Gasteiger partial charge < -0.3 is 4.90 Å². The highest BCUT2D eigenvalue weighted by Crippen LogP contribution is 2.28.